The number of aromatic nitrogens is 2. The predicted molar refractivity (Wildman–Crippen MR) is 92.0 cm³/mol. The second kappa shape index (κ2) is 8.48. The highest BCUT2D eigenvalue weighted by Gasteiger charge is 2.41. The van der Waals surface area contributed by atoms with Gasteiger partial charge in [0.1, 0.15) is 0 Å². The van der Waals surface area contributed by atoms with E-state index in [-0.39, 0.29) is 10.4 Å². The summed E-state index contributed by atoms with van der Waals surface area (Å²) in [6, 6.07) is 0. The fourth-order valence-corrected chi connectivity index (χ4v) is 3.35. The second-order valence-electron chi connectivity index (χ2n) is 5.57. The number of rotatable bonds is 8. The van der Waals surface area contributed by atoms with Gasteiger partial charge in [0, 0.05) is 32.7 Å². The molecule has 0 unspecified atom stereocenters. The largest absolute Gasteiger partial charge is 0.436 e. The molecule has 1 aliphatic carbocycles. The average Bonchev–Trinajstić information content (AvgIpc) is 3.27. The summed E-state index contributed by atoms with van der Waals surface area (Å²) in [5, 5.41) is 10.3. The van der Waals surface area contributed by atoms with Crippen LogP contribution in [0.2, 0.25) is 0 Å². The number of halogens is 4. The Kier molecular flexibility index (Phi) is 6.88. The number of aryl methyl sites for hydroxylation is 1. The molecule has 0 saturated heterocycles. The summed E-state index contributed by atoms with van der Waals surface area (Å²) in [5.41, 5.74) is -0.183. The van der Waals surface area contributed by atoms with Crippen LogP contribution in [0, 0.1) is 0 Å². The van der Waals surface area contributed by atoms with Crippen LogP contribution in [0.15, 0.2) is 4.47 Å². The average molecular weight is 429 g/mol. The Hall–Kier alpha value is -0.870. The Balaban J connectivity index is 1.87. The summed E-state index contributed by atoms with van der Waals surface area (Å²) in [4.78, 5) is 0. The maximum Gasteiger partial charge on any atom is 0.436 e. The SMILES string of the molecule is COCCNC(=S)NCCCn1nc(C(F)(F)F)c(Br)c1C1CC1. The van der Waals surface area contributed by atoms with Crippen molar-refractivity contribution in [3.8, 4) is 0 Å². The van der Waals surface area contributed by atoms with Crippen molar-refractivity contribution >= 4 is 33.3 Å². The van der Waals surface area contributed by atoms with Crippen LogP contribution in [0.1, 0.15) is 36.6 Å². The van der Waals surface area contributed by atoms with Crippen LogP contribution < -0.4 is 10.6 Å². The molecule has 1 aliphatic rings. The third-order valence-electron chi connectivity index (χ3n) is 3.59. The number of methoxy groups -OCH3 is 1. The summed E-state index contributed by atoms with van der Waals surface area (Å²) in [6.45, 7) is 2.12. The molecular weight excluding hydrogens is 409 g/mol. The van der Waals surface area contributed by atoms with Crippen LogP contribution in [-0.2, 0) is 17.5 Å². The number of hydrogen-bond donors (Lipinski definition) is 2. The van der Waals surface area contributed by atoms with E-state index in [1.54, 1.807) is 7.11 Å². The first kappa shape index (κ1) is 19.5. The van der Waals surface area contributed by atoms with Gasteiger partial charge < -0.3 is 15.4 Å². The molecule has 2 N–H and O–H groups in total. The van der Waals surface area contributed by atoms with Gasteiger partial charge in [0.25, 0.3) is 0 Å². The van der Waals surface area contributed by atoms with E-state index in [0.717, 1.165) is 12.8 Å². The monoisotopic (exact) mass is 428 g/mol. The number of nitrogens with one attached hydrogen (secondary N) is 2. The summed E-state index contributed by atoms with van der Waals surface area (Å²) in [6.07, 6.45) is -2.00. The lowest BCUT2D eigenvalue weighted by molar-refractivity contribution is -0.142. The quantitative estimate of drug-likeness (QED) is 0.492. The predicted octanol–water partition coefficient (Wildman–Crippen LogP) is 3.04. The third kappa shape index (κ3) is 5.32. The normalized spacial score (nSPS) is 14.7. The van der Waals surface area contributed by atoms with E-state index in [2.05, 4.69) is 31.7 Å². The molecule has 1 aromatic rings. The highest BCUT2D eigenvalue weighted by Crippen LogP contribution is 2.46. The molecule has 0 bridgehead atoms. The van der Waals surface area contributed by atoms with Crippen LogP contribution in [0.4, 0.5) is 13.2 Å². The molecule has 1 heterocycles. The van der Waals surface area contributed by atoms with E-state index in [4.69, 9.17) is 17.0 Å². The van der Waals surface area contributed by atoms with Gasteiger partial charge in [-0.05, 0) is 47.4 Å². The van der Waals surface area contributed by atoms with Crippen LogP contribution in [0.5, 0.6) is 0 Å². The van der Waals surface area contributed by atoms with Gasteiger partial charge in [-0.25, -0.2) is 0 Å². The molecule has 0 aromatic carbocycles. The van der Waals surface area contributed by atoms with Gasteiger partial charge in [-0.15, -0.1) is 0 Å². The van der Waals surface area contributed by atoms with E-state index < -0.39 is 11.9 Å². The van der Waals surface area contributed by atoms with Crippen molar-refractivity contribution in [2.75, 3.05) is 26.8 Å². The van der Waals surface area contributed by atoms with E-state index in [1.165, 1.54) is 4.68 Å². The molecule has 2 rings (SSSR count). The van der Waals surface area contributed by atoms with Crippen molar-refractivity contribution in [2.24, 2.45) is 0 Å². The minimum atomic E-state index is -4.45. The number of alkyl halides is 3. The molecule has 136 valence electrons. The molecule has 1 fully saturated rings. The maximum atomic E-state index is 13.0. The molecule has 0 spiro atoms. The molecule has 0 aliphatic heterocycles. The smallest absolute Gasteiger partial charge is 0.383 e. The Labute approximate surface area is 152 Å². The molecule has 0 atom stereocenters. The third-order valence-corrected chi connectivity index (χ3v) is 4.66. The van der Waals surface area contributed by atoms with Crippen molar-refractivity contribution in [1.82, 2.24) is 20.4 Å². The van der Waals surface area contributed by atoms with Gasteiger partial charge in [-0.3, -0.25) is 4.68 Å². The first-order chi connectivity index (χ1) is 11.3. The van der Waals surface area contributed by atoms with Crippen LogP contribution in [0.3, 0.4) is 0 Å². The number of thiocarbonyl (C=S) groups is 1. The molecule has 0 amide bonds. The fourth-order valence-electron chi connectivity index (χ4n) is 2.31. The Morgan fingerprint density at radius 1 is 1.38 bits per heavy atom. The lowest BCUT2D eigenvalue weighted by atomic mass is 10.2. The molecular formula is C14H20BrF3N4OS. The zero-order chi connectivity index (χ0) is 17.7. The molecule has 5 nitrogen and oxygen atoms in total. The maximum absolute atomic E-state index is 13.0. The summed E-state index contributed by atoms with van der Waals surface area (Å²) in [5.74, 6) is 0.174. The topological polar surface area (TPSA) is 51.1 Å². The van der Waals surface area contributed by atoms with E-state index in [0.29, 0.717) is 43.5 Å². The van der Waals surface area contributed by atoms with Gasteiger partial charge in [0.05, 0.1) is 16.8 Å². The zero-order valence-corrected chi connectivity index (χ0v) is 15.7. The molecule has 24 heavy (non-hydrogen) atoms. The summed E-state index contributed by atoms with van der Waals surface area (Å²) < 4.78 is 45.5. The first-order valence-electron chi connectivity index (χ1n) is 7.68. The summed E-state index contributed by atoms with van der Waals surface area (Å²) >= 11 is 8.18. The number of ether oxygens (including phenoxy) is 1. The second-order valence-corrected chi connectivity index (χ2v) is 6.77. The van der Waals surface area contributed by atoms with Gasteiger partial charge in [0.2, 0.25) is 0 Å². The molecule has 1 saturated carbocycles. The lowest BCUT2D eigenvalue weighted by Gasteiger charge is -2.11. The Morgan fingerprint density at radius 2 is 2.04 bits per heavy atom. The zero-order valence-electron chi connectivity index (χ0n) is 13.2. The standard InChI is InChI=1S/C14H20BrF3N4OS/c1-23-8-6-20-13(24)19-5-2-7-22-11(9-3-4-9)10(15)12(21-22)14(16,17)18/h9H,2-8H2,1H3,(H2,19,20,24). The van der Waals surface area contributed by atoms with Gasteiger partial charge in [-0.1, -0.05) is 0 Å². The van der Waals surface area contributed by atoms with E-state index in [9.17, 15) is 13.2 Å². The van der Waals surface area contributed by atoms with Gasteiger partial charge >= 0.3 is 6.18 Å². The minimum Gasteiger partial charge on any atom is -0.383 e. The van der Waals surface area contributed by atoms with Crippen molar-refractivity contribution in [2.45, 2.75) is 37.9 Å². The highest BCUT2D eigenvalue weighted by atomic mass is 79.9. The van der Waals surface area contributed by atoms with Crippen molar-refractivity contribution in [3.05, 3.63) is 15.9 Å². The van der Waals surface area contributed by atoms with E-state index >= 15 is 0 Å². The molecule has 10 heteroatoms. The Morgan fingerprint density at radius 3 is 2.62 bits per heavy atom. The van der Waals surface area contributed by atoms with Gasteiger partial charge in [-0.2, -0.15) is 18.3 Å². The minimum absolute atomic E-state index is 0.0854. The van der Waals surface area contributed by atoms with E-state index in [1.807, 2.05) is 0 Å². The van der Waals surface area contributed by atoms with Crippen LogP contribution >= 0.6 is 28.1 Å². The van der Waals surface area contributed by atoms with Crippen molar-refractivity contribution in [1.29, 1.82) is 0 Å². The summed E-state index contributed by atoms with van der Waals surface area (Å²) in [7, 11) is 1.60. The van der Waals surface area contributed by atoms with Crippen LogP contribution in [-0.4, -0.2) is 41.7 Å². The van der Waals surface area contributed by atoms with Crippen LogP contribution in [0.25, 0.3) is 0 Å². The lowest BCUT2D eigenvalue weighted by Crippen LogP contribution is -2.37. The van der Waals surface area contributed by atoms with Crippen molar-refractivity contribution in [3.63, 3.8) is 0 Å². The van der Waals surface area contributed by atoms with Gasteiger partial charge in [0.15, 0.2) is 10.8 Å². The first-order valence-corrected chi connectivity index (χ1v) is 8.88. The molecule has 0 radical (unpaired) electrons. The fraction of sp³-hybridized carbons (Fsp3) is 0.714. The highest BCUT2D eigenvalue weighted by molar-refractivity contribution is 9.10. The Bertz CT molecular complexity index is 575. The number of nitrogens with zero attached hydrogens (tertiary/aromatic N) is 2. The van der Waals surface area contributed by atoms with Crippen molar-refractivity contribution < 1.29 is 17.9 Å². The number of hydrogen-bond acceptors (Lipinski definition) is 3. The molecule has 1 aromatic heterocycles.